The Kier molecular flexibility index (Phi) is 4.23. The Morgan fingerprint density at radius 1 is 0.800 bits per heavy atom. The highest BCUT2D eigenvalue weighted by Gasteiger charge is 2.09. The van der Waals surface area contributed by atoms with Crippen LogP contribution in [0, 0.1) is 0 Å². The van der Waals surface area contributed by atoms with Crippen molar-refractivity contribution in [3.05, 3.63) is 82.3 Å². The van der Waals surface area contributed by atoms with E-state index >= 15 is 0 Å². The highest BCUT2D eigenvalue weighted by atomic mass is 79.9. The maximum Gasteiger partial charge on any atom is 0.0435 e. The zero-order chi connectivity index (χ0) is 13.9. The molecule has 0 saturated carbocycles. The van der Waals surface area contributed by atoms with E-state index in [0.717, 1.165) is 10.9 Å². The monoisotopic (exact) mass is 388 g/mol. The third-order valence-electron chi connectivity index (χ3n) is 3.46. The van der Waals surface area contributed by atoms with E-state index in [0.29, 0.717) is 4.83 Å². The van der Waals surface area contributed by atoms with E-state index in [1.165, 1.54) is 21.9 Å². The fourth-order valence-corrected chi connectivity index (χ4v) is 3.27. The molecule has 0 N–H and O–H groups in total. The lowest BCUT2D eigenvalue weighted by atomic mass is 10.0. The number of hydrogen-bond donors (Lipinski definition) is 0. The van der Waals surface area contributed by atoms with E-state index < -0.39 is 0 Å². The summed E-state index contributed by atoms with van der Waals surface area (Å²) in [7, 11) is 0. The second kappa shape index (κ2) is 6.11. The number of benzene rings is 3. The van der Waals surface area contributed by atoms with Crippen LogP contribution in [0.25, 0.3) is 10.8 Å². The van der Waals surface area contributed by atoms with Crippen LogP contribution in [0.1, 0.15) is 16.0 Å². The van der Waals surface area contributed by atoms with Gasteiger partial charge in [-0.25, -0.2) is 0 Å². The van der Waals surface area contributed by atoms with Crippen LogP contribution in [0.4, 0.5) is 0 Å². The predicted octanol–water partition coefficient (Wildman–Crippen LogP) is 6.28. The maximum atomic E-state index is 3.82. The average Bonchev–Trinajstić information content (AvgIpc) is 2.49. The first-order valence-electron chi connectivity index (χ1n) is 6.59. The molecule has 1 unspecified atom stereocenters. The normalized spacial score (nSPS) is 12.5. The van der Waals surface area contributed by atoms with Crippen molar-refractivity contribution in [2.24, 2.45) is 0 Å². The molecule has 0 radical (unpaired) electrons. The van der Waals surface area contributed by atoms with Crippen LogP contribution in [0.3, 0.4) is 0 Å². The van der Waals surface area contributed by atoms with Crippen molar-refractivity contribution in [2.75, 3.05) is 0 Å². The zero-order valence-corrected chi connectivity index (χ0v) is 14.1. The van der Waals surface area contributed by atoms with Gasteiger partial charge in [-0.3, -0.25) is 0 Å². The Labute approximate surface area is 136 Å². The molecule has 0 heterocycles. The lowest BCUT2D eigenvalue weighted by molar-refractivity contribution is 0.950. The third kappa shape index (κ3) is 3.13. The molecule has 100 valence electrons. The highest BCUT2D eigenvalue weighted by Crippen LogP contribution is 2.29. The third-order valence-corrected chi connectivity index (χ3v) is 4.84. The van der Waals surface area contributed by atoms with E-state index in [-0.39, 0.29) is 0 Å². The van der Waals surface area contributed by atoms with E-state index in [9.17, 15) is 0 Å². The van der Waals surface area contributed by atoms with Crippen LogP contribution >= 0.6 is 31.9 Å². The van der Waals surface area contributed by atoms with Gasteiger partial charge in [-0.2, -0.15) is 0 Å². The molecule has 0 aliphatic carbocycles. The lowest BCUT2D eigenvalue weighted by Gasteiger charge is -2.11. The van der Waals surface area contributed by atoms with Crippen molar-refractivity contribution in [3.8, 4) is 0 Å². The minimum Gasteiger partial charge on any atom is -0.0835 e. The van der Waals surface area contributed by atoms with Gasteiger partial charge in [0.05, 0.1) is 0 Å². The Balaban J connectivity index is 1.84. The lowest BCUT2D eigenvalue weighted by Crippen LogP contribution is -1.95. The van der Waals surface area contributed by atoms with Crippen molar-refractivity contribution >= 4 is 42.6 Å². The molecule has 1 atom stereocenters. The maximum absolute atomic E-state index is 3.82. The summed E-state index contributed by atoms with van der Waals surface area (Å²) in [6.07, 6.45) is 0.992. The Morgan fingerprint density at radius 2 is 1.50 bits per heavy atom. The molecule has 0 saturated heterocycles. The molecule has 3 rings (SSSR count). The molecule has 20 heavy (non-hydrogen) atoms. The zero-order valence-electron chi connectivity index (χ0n) is 10.9. The molecule has 0 aliphatic heterocycles. The van der Waals surface area contributed by atoms with Crippen molar-refractivity contribution < 1.29 is 0 Å². The van der Waals surface area contributed by atoms with E-state index in [1.54, 1.807) is 0 Å². The molecule has 2 heteroatoms. The van der Waals surface area contributed by atoms with Gasteiger partial charge in [0, 0.05) is 9.30 Å². The molecule has 0 fully saturated rings. The van der Waals surface area contributed by atoms with Gasteiger partial charge in [0.2, 0.25) is 0 Å². The van der Waals surface area contributed by atoms with Gasteiger partial charge in [0.1, 0.15) is 0 Å². The molecule has 0 aromatic heterocycles. The molecule has 0 nitrogen and oxygen atoms in total. The van der Waals surface area contributed by atoms with Gasteiger partial charge in [-0.15, -0.1) is 0 Å². The summed E-state index contributed by atoms with van der Waals surface area (Å²) < 4.78 is 1.12. The van der Waals surface area contributed by atoms with Gasteiger partial charge in [0.25, 0.3) is 0 Å². The van der Waals surface area contributed by atoms with Crippen LogP contribution in [0.2, 0.25) is 0 Å². The summed E-state index contributed by atoms with van der Waals surface area (Å²) in [4.78, 5) is 0.341. The topological polar surface area (TPSA) is 0 Å². The first-order valence-corrected chi connectivity index (χ1v) is 8.30. The van der Waals surface area contributed by atoms with Crippen LogP contribution in [-0.2, 0) is 6.42 Å². The summed E-state index contributed by atoms with van der Waals surface area (Å²) in [5.74, 6) is 0. The van der Waals surface area contributed by atoms with Gasteiger partial charge in [0.15, 0.2) is 0 Å². The van der Waals surface area contributed by atoms with Crippen molar-refractivity contribution in [3.63, 3.8) is 0 Å². The Morgan fingerprint density at radius 3 is 2.25 bits per heavy atom. The predicted molar refractivity (Wildman–Crippen MR) is 93.5 cm³/mol. The van der Waals surface area contributed by atoms with Crippen molar-refractivity contribution in [1.82, 2.24) is 0 Å². The standard InChI is InChI=1S/C18H14Br2/c19-17-9-5-13(6-10-17)11-18(20)16-8-7-14-3-1-2-4-15(14)12-16/h1-10,12,18H,11H2. The minimum absolute atomic E-state index is 0.341. The van der Waals surface area contributed by atoms with E-state index in [2.05, 4.69) is 98.6 Å². The quantitative estimate of drug-likeness (QED) is 0.462. The Bertz CT molecular complexity index is 717. The summed E-state index contributed by atoms with van der Waals surface area (Å²) in [6, 6.07) is 23.7. The van der Waals surface area contributed by atoms with Gasteiger partial charge in [-0.1, -0.05) is 86.5 Å². The summed E-state index contributed by atoms with van der Waals surface area (Å²) in [5.41, 5.74) is 2.66. The second-order valence-corrected chi connectivity index (χ2v) is 6.93. The van der Waals surface area contributed by atoms with Gasteiger partial charge >= 0.3 is 0 Å². The second-order valence-electron chi connectivity index (χ2n) is 4.90. The van der Waals surface area contributed by atoms with Gasteiger partial charge < -0.3 is 0 Å². The Hall–Kier alpha value is -1.12. The van der Waals surface area contributed by atoms with E-state index in [1.807, 2.05) is 0 Å². The molecule has 3 aromatic rings. The van der Waals surface area contributed by atoms with Gasteiger partial charge in [-0.05, 0) is 40.5 Å². The summed E-state index contributed by atoms with van der Waals surface area (Å²) in [6.45, 7) is 0. The first-order chi connectivity index (χ1) is 9.72. The molecule has 0 amide bonds. The largest absolute Gasteiger partial charge is 0.0835 e. The summed E-state index contributed by atoms with van der Waals surface area (Å²) in [5, 5.41) is 2.59. The first kappa shape index (κ1) is 13.8. The number of rotatable bonds is 3. The fraction of sp³-hybridized carbons (Fsp3) is 0.111. The number of halogens is 2. The molecule has 0 bridgehead atoms. The number of alkyl halides is 1. The molecule has 0 spiro atoms. The highest BCUT2D eigenvalue weighted by molar-refractivity contribution is 9.10. The van der Waals surface area contributed by atoms with Crippen molar-refractivity contribution in [2.45, 2.75) is 11.2 Å². The number of fused-ring (bicyclic) bond motifs is 1. The minimum atomic E-state index is 0.341. The molecular weight excluding hydrogens is 376 g/mol. The smallest absolute Gasteiger partial charge is 0.0435 e. The SMILES string of the molecule is Brc1ccc(CC(Br)c2ccc3ccccc3c2)cc1. The van der Waals surface area contributed by atoms with Crippen LogP contribution in [-0.4, -0.2) is 0 Å². The van der Waals surface area contributed by atoms with Crippen molar-refractivity contribution in [1.29, 1.82) is 0 Å². The fourth-order valence-electron chi connectivity index (χ4n) is 2.35. The van der Waals surface area contributed by atoms with Crippen LogP contribution < -0.4 is 0 Å². The van der Waals surface area contributed by atoms with Crippen LogP contribution in [0.5, 0.6) is 0 Å². The molecule has 3 aromatic carbocycles. The molecular formula is C18H14Br2. The van der Waals surface area contributed by atoms with Crippen LogP contribution in [0.15, 0.2) is 71.2 Å². The average molecular weight is 390 g/mol. The summed E-state index contributed by atoms with van der Waals surface area (Å²) >= 11 is 7.29. The van der Waals surface area contributed by atoms with E-state index in [4.69, 9.17) is 0 Å². The number of hydrogen-bond acceptors (Lipinski definition) is 0. The molecule has 0 aliphatic rings.